The number of amides is 1. The predicted octanol–water partition coefficient (Wildman–Crippen LogP) is 3.78. The first kappa shape index (κ1) is 14.2. The smallest absolute Gasteiger partial charge is 0.231 e. The normalized spacial score (nSPS) is 12.3. The molecule has 0 aliphatic carbocycles. The van der Waals surface area contributed by atoms with Crippen molar-refractivity contribution in [1.82, 2.24) is 4.98 Å². The minimum Gasteiger partial charge on any atom is -0.454 e. The zero-order valence-corrected chi connectivity index (χ0v) is 13.6. The molecule has 0 unspecified atom stereocenters. The molecule has 0 fully saturated rings. The van der Waals surface area contributed by atoms with Crippen molar-refractivity contribution in [1.29, 1.82) is 0 Å². The largest absolute Gasteiger partial charge is 0.454 e. The van der Waals surface area contributed by atoms with Crippen LogP contribution in [0.15, 0.2) is 41.1 Å². The Balaban J connectivity index is 1.42. The van der Waals surface area contributed by atoms with Crippen molar-refractivity contribution in [2.75, 3.05) is 12.1 Å². The van der Waals surface area contributed by atoms with Gasteiger partial charge in [-0.2, -0.15) is 0 Å². The third kappa shape index (κ3) is 3.06. The molecule has 1 aliphatic heterocycles. The quantitative estimate of drug-likeness (QED) is 0.782. The molecule has 1 aliphatic rings. The highest BCUT2D eigenvalue weighted by molar-refractivity contribution is 7.20. The van der Waals surface area contributed by atoms with Gasteiger partial charge in [-0.1, -0.05) is 6.07 Å². The van der Waals surface area contributed by atoms with Crippen molar-refractivity contribution in [3.8, 4) is 21.4 Å². The molecular weight excluding hydrogens is 332 g/mol. The molecule has 23 heavy (non-hydrogen) atoms. The first-order chi connectivity index (χ1) is 11.3. The number of benzene rings is 1. The number of rotatable bonds is 4. The molecule has 1 amide bonds. The number of aromatic nitrogens is 1. The van der Waals surface area contributed by atoms with Crippen LogP contribution in [-0.4, -0.2) is 17.7 Å². The lowest BCUT2D eigenvalue weighted by Gasteiger charge is -2.05. The zero-order chi connectivity index (χ0) is 15.6. The molecule has 4 rings (SSSR count). The number of carbonyl (C=O) groups is 1. The Morgan fingerprint density at radius 1 is 1.22 bits per heavy atom. The van der Waals surface area contributed by atoms with Crippen molar-refractivity contribution in [2.45, 2.75) is 6.42 Å². The van der Waals surface area contributed by atoms with E-state index in [1.54, 1.807) is 40.9 Å². The van der Waals surface area contributed by atoms with E-state index in [0.29, 0.717) is 17.2 Å². The maximum Gasteiger partial charge on any atom is 0.231 e. The van der Waals surface area contributed by atoms with Gasteiger partial charge in [-0.05, 0) is 23.6 Å². The molecule has 1 N–H and O–H groups in total. The van der Waals surface area contributed by atoms with Crippen LogP contribution in [-0.2, 0) is 11.2 Å². The van der Waals surface area contributed by atoms with Gasteiger partial charge in [0.1, 0.15) is 5.01 Å². The first-order valence-electron chi connectivity index (χ1n) is 6.96. The average molecular weight is 344 g/mol. The highest BCUT2D eigenvalue weighted by Gasteiger charge is 2.15. The molecule has 1 aromatic carbocycles. The fraction of sp³-hybridized carbons (Fsp3) is 0.125. The van der Waals surface area contributed by atoms with E-state index in [4.69, 9.17) is 9.47 Å². The summed E-state index contributed by atoms with van der Waals surface area (Å²) in [5.41, 5.74) is 1.46. The molecule has 116 valence electrons. The van der Waals surface area contributed by atoms with Gasteiger partial charge in [-0.25, -0.2) is 4.98 Å². The number of nitrogens with one attached hydrogen (secondary N) is 1. The number of hydrogen-bond donors (Lipinski definition) is 1. The Bertz CT molecular complexity index is 843. The Hall–Kier alpha value is -2.38. The summed E-state index contributed by atoms with van der Waals surface area (Å²) < 4.78 is 10.6. The molecule has 0 saturated heterocycles. The Kier molecular flexibility index (Phi) is 3.72. The molecule has 0 bridgehead atoms. The minimum absolute atomic E-state index is 0.105. The van der Waals surface area contributed by atoms with Crippen LogP contribution in [0.4, 0.5) is 5.69 Å². The molecule has 5 nitrogen and oxygen atoms in total. The predicted molar refractivity (Wildman–Crippen MR) is 90.3 cm³/mol. The maximum absolute atomic E-state index is 12.2. The molecule has 0 radical (unpaired) electrons. The second kappa shape index (κ2) is 6.02. The summed E-state index contributed by atoms with van der Waals surface area (Å²) in [6.07, 6.45) is 0.246. The van der Waals surface area contributed by atoms with E-state index in [0.717, 1.165) is 15.6 Å². The van der Waals surface area contributed by atoms with Crippen molar-refractivity contribution < 1.29 is 14.3 Å². The number of carbonyl (C=O) groups excluding carboxylic acids is 1. The van der Waals surface area contributed by atoms with E-state index in [1.807, 2.05) is 22.9 Å². The summed E-state index contributed by atoms with van der Waals surface area (Å²) >= 11 is 3.20. The third-order valence-corrected chi connectivity index (χ3v) is 5.21. The van der Waals surface area contributed by atoms with Gasteiger partial charge >= 0.3 is 0 Å². The molecule has 2 aromatic heterocycles. The SMILES string of the molecule is O=C(Cc1csc(-c2cccs2)n1)Nc1ccc2c(c1)OCO2. The number of nitrogens with zero attached hydrogens (tertiary/aromatic N) is 1. The van der Waals surface area contributed by atoms with Crippen molar-refractivity contribution in [3.05, 3.63) is 46.8 Å². The molecule has 7 heteroatoms. The average Bonchev–Trinajstić information content (AvgIpc) is 3.27. The van der Waals surface area contributed by atoms with Gasteiger partial charge in [-0.3, -0.25) is 4.79 Å². The van der Waals surface area contributed by atoms with E-state index in [-0.39, 0.29) is 19.1 Å². The Morgan fingerprint density at radius 3 is 3.00 bits per heavy atom. The molecule has 0 atom stereocenters. The molecular formula is C16H12N2O3S2. The van der Waals surface area contributed by atoms with Gasteiger partial charge in [0.2, 0.25) is 12.7 Å². The highest BCUT2D eigenvalue weighted by Crippen LogP contribution is 2.34. The number of thiophene rings is 1. The lowest BCUT2D eigenvalue weighted by atomic mass is 10.2. The fourth-order valence-electron chi connectivity index (χ4n) is 2.25. The topological polar surface area (TPSA) is 60.5 Å². The summed E-state index contributed by atoms with van der Waals surface area (Å²) in [5.74, 6) is 1.24. The Morgan fingerprint density at radius 2 is 2.13 bits per heavy atom. The van der Waals surface area contributed by atoms with Crippen molar-refractivity contribution in [2.24, 2.45) is 0 Å². The van der Waals surface area contributed by atoms with E-state index in [2.05, 4.69) is 10.3 Å². The lowest BCUT2D eigenvalue weighted by molar-refractivity contribution is -0.115. The van der Waals surface area contributed by atoms with Crippen molar-refractivity contribution >= 4 is 34.3 Å². The van der Waals surface area contributed by atoms with E-state index in [1.165, 1.54) is 0 Å². The van der Waals surface area contributed by atoms with Crippen LogP contribution in [0.2, 0.25) is 0 Å². The van der Waals surface area contributed by atoms with Gasteiger partial charge < -0.3 is 14.8 Å². The number of ether oxygens (including phenoxy) is 2. The molecule has 0 saturated carbocycles. The molecule has 0 spiro atoms. The van der Waals surface area contributed by atoms with Crippen molar-refractivity contribution in [3.63, 3.8) is 0 Å². The molecule has 3 aromatic rings. The number of hydrogen-bond acceptors (Lipinski definition) is 6. The maximum atomic E-state index is 12.2. The van der Waals surface area contributed by atoms with Gasteiger partial charge in [0.25, 0.3) is 0 Å². The van der Waals surface area contributed by atoms with Gasteiger partial charge in [0, 0.05) is 17.1 Å². The number of fused-ring (bicyclic) bond motifs is 1. The summed E-state index contributed by atoms with van der Waals surface area (Å²) in [5, 5.41) is 7.75. The van der Waals surface area contributed by atoms with Crippen LogP contribution in [0.25, 0.3) is 9.88 Å². The van der Waals surface area contributed by atoms with Crippen LogP contribution in [0.1, 0.15) is 5.69 Å². The monoisotopic (exact) mass is 344 g/mol. The molecule has 3 heterocycles. The fourth-order valence-corrected chi connectivity index (χ4v) is 3.88. The van der Waals surface area contributed by atoms with Crippen LogP contribution in [0.3, 0.4) is 0 Å². The summed E-state index contributed by atoms with van der Waals surface area (Å²) in [4.78, 5) is 17.8. The second-order valence-corrected chi connectivity index (χ2v) is 6.72. The van der Waals surface area contributed by atoms with Crippen LogP contribution >= 0.6 is 22.7 Å². The van der Waals surface area contributed by atoms with Gasteiger partial charge in [-0.15, -0.1) is 22.7 Å². The Labute approximate surface area is 140 Å². The second-order valence-electron chi connectivity index (χ2n) is 4.91. The van der Waals surface area contributed by atoms with E-state index < -0.39 is 0 Å². The van der Waals surface area contributed by atoms with Gasteiger partial charge in [0.15, 0.2) is 11.5 Å². The summed E-state index contributed by atoms with van der Waals surface area (Å²) in [6.45, 7) is 0.219. The standard InChI is InChI=1S/C16H12N2O3S2/c19-15(17-10-3-4-12-13(6-10)21-9-20-12)7-11-8-23-16(18-11)14-2-1-5-22-14/h1-6,8H,7,9H2,(H,17,19). The third-order valence-electron chi connectivity index (χ3n) is 3.28. The number of anilines is 1. The summed E-state index contributed by atoms with van der Waals surface area (Å²) in [6, 6.07) is 9.37. The minimum atomic E-state index is -0.105. The van der Waals surface area contributed by atoms with Crippen LogP contribution < -0.4 is 14.8 Å². The zero-order valence-electron chi connectivity index (χ0n) is 11.9. The number of thiazole rings is 1. The van der Waals surface area contributed by atoms with E-state index >= 15 is 0 Å². The van der Waals surface area contributed by atoms with Gasteiger partial charge in [0.05, 0.1) is 17.0 Å². The van der Waals surface area contributed by atoms with Crippen LogP contribution in [0.5, 0.6) is 11.5 Å². The first-order valence-corrected chi connectivity index (χ1v) is 8.72. The lowest BCUT2D eigenvalue weighted by Crippen LogP contribution is -2.14. The highest BCUT2D eigenvalue weighted by atomic mass is 32.1. The van der Waals surface area contributed by atoms with Crippen LogP contribution in [0, 0.1) is 0 Å². The summed E-state index contributed by atoms with van der Waals surface area (Å²) in [7, 11) is 0. The van der Waals surface area contributed by atoms with E-state index in [9.17, 15) is 4.79 Å².